The molecule has 3 nitrogen and oxygen atoms in total. The van der Waals surface area contributed by atoms with E-state index < -0.39 is 0 Å². The first kappa shape index (κ1) is 9.61. The van der Waals surface area contributed by atoms with Crippen LogP contribution < -0.4 is 0 Å². The van der Waals surface area contributed by atoms with Gasteiger partial charge in [-0.25, -0.2) is 0 Å². The van der Waals surface area contributed by atoms with E-state index in [0.29, 0.717) is 5.92 Å². The lowest BCUT2D eigenvalue weighted by molar-refractivity contribution is 0.115. The van der Waals surface area contributed by atoms with Gasteiger partial charge in [-0.05, 0) is 23.9 Å². The minimum atomic E-state index is -0.384. The van der Waals surface area contributed by atoms with Crippen molar-refractivity contribution in [1.82, 2.24) is 9.59 Å². The number of aromatic nitrogens is 2. The molecular weight excluding hydrogens is 172 g/mol. The topological polar surface area (TPSA) is 46.0 Å². The summed E-state index contributed by atoms with van der Waals surface area (Å²) in [4.78, 5) is 0.871. The van der Waals surface area contributed by atoms with Crippen LogP contribution in [0.2, 0.25) is 0 Å². The first-order valence-corrected chi connectivity index (χ1v) is 4.98. The summed E-state index contributed by atoms with van der Waals surface area (Å²) in [5.74, 6) is 0.303. The Morgan fingerprint density at radius 2 is 2.42 bits per heavy atom. The Labute approximate surface area is 76.6 Å². The number of rotatable bonds is 4. The Bertz CT molecular complexity index is 213. The molecule has 0 radical (unpaired) electrons. The van der Waals surface area contributed by atoms with Gasteiger partial charge in [-0.3, -0.25) is 0 Å². The molecule has 0 saturated carbocycles. The molecule has 0 aromatic carbocycles. The van der Waals surface area contributed by atoms with Crippen molar-refractivity contribution in [2.75, 3.05) is 0 Å². The quantitative estimate of drug-likeness (QED) is 0.782. The third kappa shape index (κ3) is 2.25. The molecule has 0 spiro atoms. The van der Waals surface area contributed by atoms with Crippen molar-refractivity contribution in [3.63, 3.8) is 0 Å². The highest BCUT2D eigenvalue weighted by Crippen LogP contribution is 2.26. The lowest BCUT2D eigenvalue weighted by atomic mass is 9.99. The summed E-state index contributed by atoms with van der Waals surface area (Å²) in [6.07, 6.45) is 3.40. The van der Waals surface area contributed by atoms with Gasteiger partial charge in [0.25, 0.3) is 0 Å². The van der Waals surface area contributed by atoms with E-state index in [1.54, 1.807) is 6.20 Å². The lowest BCUT2D eigenvalue weighted by Gasteiger charge is -2.15. The van der Waals surface area contributed by atoms with E-state index in [2.05, 4.69) is 16.5 Å². The van der Waals surface area contributed by atoms with Gasteiger partial charge >= 0.3 is 0 Å². The van der Waals surface area contributed by atoms with Crippen molar-refractivity contribution < 1.29 is 5.11 Å². The predicted molar refractivity (Wildman–Crippen MR) is 48.9 cm³/mol. The fraction of sp³-hybridized carbons (Fsp3) is 0.750. The molecule has 1 aromatic heterocycles. The molecule has 12 heavy (non-hydrogen) atoms. The standard InChI is InChI=1S/C8H14N2OS/c1-3-4-6(2)8(11)7-5-9-10-12-7/h5-6,8,11H,3-4H2,1-2H3. The van der Waals surface area contributed by atoms with Gasteiger partial charge in [0.2, 0.25) is 0 Å². The summed E-state index contributed by atoms with van der Waals surface area (Å²) in [7, 11) is 0. The Balaban J connectivity index is 2.53. The molecular formula is C8H14N2OS. The Hall–Kier alpha value is -0.480. The third-order valence-electron chi connectivity index (χ3n) is 1.95. The number of nitrogens with zero attached hydrogens (tertiary/aromatic N) is 2. The molecule has 1 N–H and O–H groups in total. The average molecular weight is 186 g/mol. The van der Waals surface area contributed by atoms with E-state index in [4.69, 9.17) is 0 Å². The lowest BCUT2D eigenvalue weighted by Crippen LogP contribution is -2.07. The van der Waals surface area contributed by atoms with E-state index in [1.807, 2.05) is 6.92 Å². The van der Waals surface area contributed by atoms with Gasteiger partial charge in [0, 0.05) is 0 Å². The maximum absolute atomic E-state index is 9.74. The molecule has 1 rings (SSSR count). The number of aliphatic hydroxyl groups excluding tert-OH is 1. The summed E-state index contributed by atoms with van der Waals surface area (Å²) in [6.45, 7) is 4.17. The second kappa shape index (κ2) is 4.52. The van der Waals surface area contributed by atoms with Crippen LogP contribution >= 0.6 is 11.5 Å². The van der Waals surface area contributed by atoms with Crippen LogP contribution in [0, 0.1) is 5.92 Å². The molecule has 68 valence electrons. The summed E-state index contributed by atoms with van der Waals surface area (Å²) in [5.41, 5.74) is 0. The number of aliphatic hydroxyl groups is 1. The molecule has 0 aliphatic heterocycles. The van der Waals surface area contributed by atoms with Gasteiger partial charge in [-0.1, -0.05) is 24.8 Å². The van der Waals surface area contributed by atoms with Crippen molar-refractivity contribution in [2.45, 2.75) is 32.8 Å². The SMILES string of the molecule is CCCC(C)C(O)c1cnns1. The maximum atomic E-state index is 9.74. The van der Waals surface area contributed by atoms with Crippen LogP contribution in [0.5, 0.6) is 0 Å². The first-order valence-electron chi connectivity index (χ1n) is 4.21. The van der Waals surface area contributed by atoms with Crippen LogP contribution in [0.3, 0.4) is 0 Å². The highest BCUT2D eigenvalue weighted by atomic mass is 32.1. The summed E-state index contributed by atoms with van der Waals surface area (Å²) < 4.78 is 3.72. The van der Waals surface area contributed by atoms with E-state index in [1.165, 1.54) is 11.5 Å². The van der Waals surface area contributed by atoms with Gasteiger partial charge in [0.15, 0.2) is 0 Å². The molecule has 0 saturated heterocycles. The van der Waals surface area contributed by atoms with E-state index in [9.17, 15) is 5.11 Å². The van der Waals surface area contributed by atoms with E-state index >= 15 is 0 Å². The second-order valence-corrected chi connectivity index (χ2v) is 3.85. The van der Waals surface area contributed by atoms with E-state index in [-0.39, 0.29) is 6.10 Å². The molecule has 0 aliphatic carbocycles. The summed E-state index contributed by atoms with van der Waals surface area (Å²) >= 11 is 1.27. The number of hydrogen-bond acceptors (Lipinski definition) is 4. The molecule has 4 heteroatoms. The molecule has 2 atom stereocenters. The normalized spacial score (nSPS) is 15.9. The van der Waals surface area contributed by atoms with Crippen LogP contribution in [0.4, 0.5) is 0 Å². The highest BCUT2D eigenvalue weighted by Gasteiger charge is 2.17. The smallest absolute Gasteiger partial charge is 0.0939 e. The molecule has 0 fully saturated rings. The van der Waals surface area contributed by atoms with Gasteiger partial charge < -0.3 is 5.11 Å². The van der Waals surface area contributed by atoms with Gasteiger partial charge in [-0.15, -0.1) is 5.10 Å². The van der Waals surface area contributed by atoms with Crippen molar-refractivity contribution in [1.29, 1.82) is 0 Å². The van der Waals surface area contributed by atoms with Crippen LogP contribution in [-0.4, -0.2) is 14.7 Å². The van der Waals surface area contributed by atoms with Gasteiger partial charge in [0.1, 0.15) is 0 Å². The second-order valence-electron chi connectivity index (χ2n) is 3.03. The zero-order valence-corrected chi connectivity index (χ0v) is 8.21. The fourth-order valence-corrected chi connectivity index (χ4v) is 1.82. The van der Waals surface area contributed by atoms with E-state index in [0.717, 1.165) is 17.7 Å². The fourth-order valence-electron chi connectivity index (χ4n) is 1.20. The first-order chi connectivity index (χ1) is 5.75. The number of hydrogen-bond donors (Lipinski definition) is 1. The zero-order valence-electron chi connectivity index (χ0n) is 7.40. The van der Waals surface area contributed by atoms with Crippen molar-refractivity contribution in [2.24, 2.45) is 5.92 Å². The Kier molecular flexibility index (Phi) is 3.62. The molecule has 1 aromatic rings. The molecule has 0 amide bonds. The minimum absolute atomic E-state index is 0.303. The molecule has 1 heterocycles. The van der Waals surface area contributed by atoms with Gasteiger partial charge in [0.05, 0.1) is 17.2 Å². The summed E-state index contributed by atoms with van der Waals surface area (Å²) in [5, 5.41) is 13.4. The van der Waals surface area contributed by atoms with Crippen molar-refractivity contribution >= 4 is 11.5 Å². The summed E-state index contributed by atoms with van der Waals surface area (Å²) in [6, 6.07) is 0. The van der Waals surface area contributed by atoms with Crippen molar-refractivity contribution in [3.8, 4) is 0 Å². The van der Waals surface area contributed by atoms with Crippen molar-refractivity contribution in [3.05, 3.63) is 11.1 Å². The zero-order chi connectivity index (χ0) is 8.97. The monoisotopic (exact) mass is 186 g/mol. The molecule has 2 unspecified atom stereocenters. The Morgan fingerprint density at radius 1 is 1.67 bits per heavy atom. The van der Waals surface area contributed by atoms with Crippen LogP contribution in [0.25, 0.3) is 0 Å². The molecule has 0 bridgehead atoms. The van der Waals surface area contributed by atoms with Crippen LogP contribution in [0.1, 0.15) is 37.7 Å². The van der Waals surface area contributed by atoms with Crippen LogP contribution in [-0.2, 0) is 0 Å². The van der Waals surface area contributed by atoms with Crippen LogP contribution in [0.15, 0.2) is 6.20 Å². The maximum Gasteiger partial charge on any atom is 0.0939 e. The van der Waals surface area contributed by atoms with Gasteiger partial charge in [-0.2, -0.15) is 0 Å². The highest BCUT2D eigenvalue weighted by molar-refractivity contribution is 7.05. The Morgan fingerprint density at radius 3 is 2.92 bits per heavy atom. The average Bonchev–Trinajstić information content (AvgIpc) is 2.55. The predicted octanol–water partition coefficient (Wildman–Crippen LogP) is 2.01. The minimum Gasteiger partial charge on any atom is -0.387 e. The largest absolute Gasteiger partial charge is 0.387 e. The third-order valence-corrected chi connectivity index (χ3v) is 2.69. The molecule has 0 aliphatic rings.